The number of carbonyl (C=O) groups is 3. The molecule has 194 valence electrons. The molecule has 2 aliphatic rings. The highest BCUT2D eigenvalue weighted by atomic mass is 16.5. The maximum atomic E-state index is 13.1. The molecule has 2 amide bonds. The highest BCUT2D eigenvalue weighted by Gasteiger charge is 2.34. The quantitative estimate of drug-likeness (QED) is 0.435. The van der Waals surface area contributed by atoms with E-state index in [2.05, 4.69) is 20.9 Å². The third kappa shape index (κ3) is 8.30. The summed E-state index contributed by atoms with van der Waals surface area (Å²) in [6, 6.07) is 5.99. The van der Waals surface area contributed by atoms with Crippen LogP contribution in [-0.4, -0.2) is 87.2 Å². The molecule has 1 aromatic carbocycles. The first-order chi connectivity index (χ1) is 16.9. The van der Waals surface area contributed by atoms with Gasteiger partial charge >= 0.3 is 0 Å². The molecule has 2 heterocycles. The molecule has 35 heavy (non-hydrogen) atoms. The normalized spacial score (nSPS) is 22.0. The van der Waals surface area contributed by atoms with Gasteiger partial charge in [0.25, 0.3) is 5.91 Å². The Labute approximate surface area is 208 Å². The molecule has 0 bridgehead atoms. The molecule has 2 saturated heterocycles. The van der Waals surface area contributed by atoms with E-state index >= 15 is 0 Å². The van der Waals surface area contributed by atoms with Gasteiger partial charge < -0.3 is 25.4 Å². The summed E-state index contributed by atoms with van der Waals surface area (Å²) in [5, 5.41) is 9.16. The van der Waals surface area contributed by atoms with Crippen molar-refractivity contribution < 1.29 is 23.9 Å². The number of Topliss-reactive ketones (excluding diaryl/α,β-unsaturated/α-hetero) is 1. The molecule has 0 saturated carbocycles. The van der Waals surface area contributed by atoms with E-state index < -0.39 is 12.1 Å². The Hall–Kier alpha value is -2.49. The van der Waals surface area contributed by atoms with E-state index in [-0.39, 0.29) is 36.0 Å². The van der Waals surface area contributed by atoms with E-state index in [1.54, 1.807) is 12.1 Å². The van der Waals surface area contributed by atoms with Crippen LogP contribution in [0.5, 0.6) is 0 Å². The van der Waals surface area contributed by atoms with Gasteiger partial charge in [0.1, 0.15) is 12.6 Å². The first-order valence-corrected chi connectivity index (χ1v) is 12.7. The van der Waals surface area contributed by atoms with Gasteiger partial charge in [0.2, 0.25) is 5.91 Å². The van der Waals surface area contributed by atoms with Crippen LogP contribution in [0.1, 0.15) is 44.0 Å². The van der Waals surface area contributed by atoms with Crippen molar-refractivity contribution in [2.45, 2.75) is 45.7 Å². The van der Waals surface area contributed by atoms with Crippen LogP contribution in [0.4, 0.5) is 5.69 Å². The molecule has 2 fully saturated rings. The predicted octanol–water partition coefficient (Wildman–Crippen LogP) is 1.69. The highest BCUT2D eigenvalue weighted by molar-refractivity contribution is 5.99. The summed E-state index contributed by atoms with van der Waals surface area (Å²) in [4.78, 5) is 40.9. The van der Waals surface area contributed by atoms with E-state index in [9.17, 15) is 14.4 Å². The average molecular weight is 489 g/mol. The summed E-state index contributed by atoms with van der Waals surface area (Å²) in [5.41, 5.74) is 1.34. The first kappa shape index (κ1) is 27.1. The maximum absolute atomic E-state index is 13.1. The Morgan fingerprint density at radius 2 is 1.94 bits per heavy atom. The zero-order valence-corrected chi connectivity index (χ0v) is 21.2. The number of benzene rings is 1. The smallest absolute Gasteiger partial charge is 0.252 e. The van der Waals surface area contributed by atoms with Gasteiger partial charge in [-0.2, -0.15) is 0 Å². The maximum Gasteiger partial charge on any atom is 0.252 e. The van der Waals surface area contributed by atoms with Crippen molar-refractivity contribution in [3.8, 4) is 0 Å². The Bertz CT molecular complexity index is 856. The van der Waals surface area contributed by atoms with E-state index in [1.807, 2.05) is 32.9 Å². The third-order valence-corrected chi connectivity index (χ3v) is 6.53. The van der Waals surface area contributed by atoms with E-state index in [4.69, 9.17) is 9.47 Å². The van der Waals surface area contributed by atoms with E-state index in [0.717, 1.165) is 51.5 Å². The second kappa shape index (κ2) is 13.6. The third-order valence-electron chi connectivity index (χ3n) is 6.53. The number of nitrogens with one attached hydrogen (secondary N) is 3. The largest absolute Gasteiger partial charge is 0.384 e. The standard InChI is InChI=1S/C26H40N4O5/c1-4-19-16-35-17-23(31)24(19)29-26(33)22(14-18(2)3)28-25(32)20-6-5-7-21(15-20)27-8-9-30-10-12-34-13-11-30/h5-7,15,18-19,22,24,27H,4,8-14,16-17H2,1-3H3,(H,28,32)(H,29,33)/t19-,22+,24+/m1/s1. The molecular weight excluding hydrogens is 448 g/mol. The van der Waals surface area contributed by atoms with Gasteiger partial charge in [-0.05, 0) is 37.0 Å². The van der Waals surface area contributed by atoms with Crippen LogP contribution in [0.2, 0.25) is 0 Å². The number of rotatable bonds is 11. The summed E-state index contributed by atoms with van der Waals surface area (Å²) in [6.07, 6.45) is 1.20. The van der Waals surface area contributed by atoms with Gasteiger partial charge in [-0.3, -0.25) is 19.3 Å². The predicted molar refractivity (Wildman–Crippen MR) is 134 cm³/mol. The number of ether oxygens (including phenoxy) is 2. The zero-order valence-electron chi connectivity index (χ0n) is 21.2. The lowest BCUT2D eigenvalue weighted by Crippen LogP contribution is -2.56. The number of hydrogen-bond donors (Lipinski definition) is 3. The van der Waals surface area contributed by atoms with Crippen molar-refractivity contribution >= 4 is 23.3 Å². The number of morpholine rings is 1. The highest BCUT2D eigenvalue weighted by Crippen LogP contribution is 2.17. The molecular formula is C26H40N4O5. The molecule has 9 heteroatoms. The number of ketones is 1. The van der Waals surface area contributed by atoms with Crippen molar-refractivity contribution in [3.63, 3.8) is 0 Å². The summed E-state index contributed by atoms with van der Waals surface area (Å²) < 4.78 is 10.7. The van der Waals surface area contributed by atoms with Crippen LogP contribution < -0.4 is 16.0 Å². The SMILES string of the molecule is CC[C@@H]1COCC(=O)[C@H]1NC(=O)[C@H](CC(C)C)NC(=O)c1cccc(NCCN2CCOCC2)c1. The average Bonchev–Trinajstić information content (AvgIpc) is 2.85. The van der Waals surface area contributed by atoms with Gasteiger partial charge in [0.15, 0.2) is 5.78 Å². The molecule has 0 unspecified atom stereocenters. The summed E-state index contributed by atoms with van der Waals surface area (Å²) >= 11 is 0. The van der Waals surface area contributed by atoms with Gasteiger partial charge in [0.05, 0.1) is 25.9 Å². The van der Waals surface area contributed by atoms with Crippen LogP contribution in [0, 0.1) is 11.8 Å². The fourth-order valence-corrected chi connectivity index (χ4v) is 4.46. The topological polar surface area (TPSA) is 109 Å². The lowest BCUT2D eigenvalue weighted by Gasteiger charge is -2.31. The van der Waals surface area contributed by atoms with Crippen molar-refractivity contribution in [1.29, 1.82) is 0 Å². The van der Waals surface area contributed by atoms with Crippen molar-refractivity contribution in [2.24, 2.45) is 11.8 Å². The molecule has 0 aliphatic carbocycles. The lowest BCUT2D eigenvalue weighted by molar-refractivity contribution is -0.138. The zero-order chi connectivity index (χ0) is 25.2. The van der Waals surface area contributed by atoms with Crippen molar-refractivity contribution in [3.05, 3.63) is 29.8 Å². The Balaban J connectivity index is 1.59. The van der Waals surface area contributed by atoms with E-state index in [0.29, 0.717) is 18.6 Å². The lowest BCUT2D eigenvalue weighted by atomic mass is 9.91. The monoisotopic (exact) mass is 488 g/mol. The van der Waals surface area contributed by atoms with E-state index in [1.165, 1.54) is 0 Å². The Morgan fingerprint density at radius 1 is 1.17 bits per heavy atom. The number of amides is 2. The van der Waals surface area contributed by atoms with Gasteiger partial charge in [-0.25, -0.2) is 0 Å². The number of hydrogen-bond acceptors (Lipinski definition) is 7. The second-order valence-corrected chi connectivity index (χ2v) is 9.75. The second-order valence-electron chi connectivity index (χ2n) is 9.75. The first-order valence-electron chi connectivity index (χ1n) is 12.7. The number of carbonyl (C=O) groups excluding carboxylic acids is 3. The van der Waals surface area contributed by atoms with Crippen molar-refractivity contribution in [1.82, 2.24) is 15.5 Å². The fraction of sp³-hybridized carbons (Fsp3) is 0.654. The molecule has 2 aliphatic heterocycles. The summed E-state index contributed by atoms with van der Waals surface area (Å²) in [7, 11) is 0. The number of nitrogens with zero attached hydrogens (tertiary/aromatic N) is 1. The molecule has 9 nitrogen and oxygen atoms in total. The minimum absolute atomic E-state index is 0.00792. The minimum Gasteiger partial charge on any atom is -0.384 e. The van der Waals surface area contributed by atoms with Crippen molar-refractivity contribution in [2.75, 3.05) is 57.9 Å². The van der Waals surface area contributed by atoms with Crippen LogP contribution in [0.3, 0.4) is 0 Å². The molecule has 3 N–H and O–H groups in total. The minimum atomic E-state index is -0.728. The molecule has 0 spiro atoms. The molecule has 1 aromatic rings. The summed E-state index contributed by atoms with van der Waals surface area (Å²) in [6.45, 7) is 11.5. The fourth-order valence-electron chi connectivity index (χ4n) is 4.46. The Morgan fingerprint density at radius 3 is 2.66 bits per heavy atom. The molecule has 0 aromatic heterocycles. The molecule has 3 atom stereocenters. The number of anilines is 1. The molecule has 3 rings (SSSR count). The van der Waals surface area contributed by atoms with Crippen LogP contribution in [0.25, 0.3) is 0 Å². The van der Waals surface area contributed by atoms with Crippen LogP contribution in [0.15, 0.2) is 24.3 Å². The summed E-state index contributed by atoms with van der Waals surface area (Å²) in [5.74, 6) is -0.636. The van der Waals surface area contributed by atoms with Crippen LogP contribution in [-0.2, 0) is 19.1 Å². The van der Waals surface area contributed by atoms with Crippen LogP contribution >= 0.6 is 0 Å². The Kier molecular flexibility index (Phi) is 10.5. The van der Waals surface area contributed by atoms with Gasteiger partial charge in [-0.1, -0.05) is 26.8 Å². The van der Waals surface area contributed by atoms with Gasteiger partial charge in [-0.15, -0.1) is 0 Å². The molecule has 0 radical (unpaired) electrons. The van der Waals surface area contributed by atoms with Gasteiger partial charge in [0, 0.05) is 43.3 Å².